The summed E-state index contributed by atoms with van der Waals surface area (Å²) in [4.78, 5) is 22.9. The molecule has 0 aliphatic carbocycles. The van der Waals surface area contributed by atoms with Gasteiger partial charge in [0, 0.05) is 10.6 Å². The maximum Gasteiger partial charge on any atom is 0.326 e. The van der Waals surface area contributed by atoms with Crippen LogP contribution in [0.3, 0.4) is 0 Å². The van der Waals surface area contributed by atoms with Crippen molar-refractivity contribution in [3.05, 3.63) is 28.8 Å². The first-order chi connectivity index (χ1) is 9.49. The molecule has 0 bridgehead atoms. The summed E-state index contributed by atoms with van der Waals surface area (Å²) in [7, 11) is 1.49. The molecule has 0 fully saturated rings. The Kier molecular flexibility index (Phi) is 6.31. The van der Waals surface area contributed by atoms with Crippen LogP contribution in [0, 0.1) is 0 Å². The summed E-state index contributed by atoms with van der Waals surface area (Å²) in [6.45, 7) is 1.86. The summed E-state index contributed by atoms with van der Waals surface area (Å²) in [5.74, 6) is -0.918. The molecule has 5 nitrogen and oxygen atoms in total. The van der Waals surface area contributed by atoms with E-state index in [1.807, 2.05) is 6.92 Å². The molecule has 0 heterocycles. The van der Waals surface area contributed by atoms with Crippen LogP contribution in [0.25, 0.3) is 0 Å². The molecule has 110 valence electrons. The Labute approximate surface area is 122 Å². The second kappa shape index (κ2) is 7.75. The fourth-order valence-electron chi connectivity index (χ4n) is 1.85. The summed E-state index contributed by atoms with van der Waals surface area (Å²) in [5, 5.41) is 11.9. The highest BCUT2D eigenvalue weighted by molar-refractivity contribution is 6.31. The second-order valence-electron chi connectivity index (χ2n) is 4.34. The first-order valence-electron chi connectivity index (χ1n) is 6.33. The van der Waals surface area contributed by atoms with Crippen LogP contribution in [0.1, 0.15) is 25.3 Å². The van der Waals surface area contributed by atoms with E-state index in [9.17, 15) is 9.59 Å². The molecule has 0 saturated carbocycles. The number of hydrogen-bond donors (Lipinski definition) is 2. The molecule has 0 aliphatic rings. The summed E-state index contributed by atoms with van der Waals surface area (Å²) in [5.41, 5.74) is 0.551. The van der Waals surface area contributed by atoms with Gasteiger partial charge in [-0.3, -0.25) is 4.79 Å². The monoisotopic (exact) mass is 299 g/mol. The number of carboxylic acids is 1. The highest BCUT2D eigenvalue weighted by Crippen LogP contribution is 2.26. The number of aliphatic carboxylic acids is 1. The lowest BCUT2D eigenvalue weighted by Gasteiger charge is -2.15. The quantitative estimate of drug-likeness (QED) is 0.810. The average Bonchev–Trinajstić information content (AvgIpc) is 2.40. The number of ether oxygens (including phenoxy) is 1. The molecule has 1 rings (SSSR count). The van der Waals surface area contributed by atoms with Gasteiger partial charge in [-0.1, -0.05) is 31.0 Å². The summed E-state index contributed by atoms with van der Waals surface area (Å²) in [6, 6.07) is 4.21. The molecule has 0 aromatic heterocycles. The standard InChI is InChI=1S/C14H18ClNO4/c1-3-5-11(14(18)19)16-13(17)8-9-10(15)6-4-7-12(9)20-2/h4,6-7,11H,3,5,8H2,1-2H3,(H,16,17)(H,18,19). The molecule has 1 aromatic carbocycles. The number of hydrogen-bond acceptors (Lipinski definition) is 3. The van der Waals surface area contributed by atoms with Gasteiger partial charge in [-0.25, -0.2) is 4.79 Å². The van der Waals surface area contributed by atoms with Gasteiger partial charge < -0.3 is 15.2 Å². The van der Waals surface area contributed by atoms with Crippen molar-refractivity contribution in [3.63, 3.8) is 0 Å². The zero-order valence-electron chi connectivity index (χ0n) is 11.5. The number of nitrogens with one attached hydrogen (secondary N) is 1. The van der Waals surface area contributed by atoms with E-state index in [1.54, 1.807) is 18.2 Å². The minimum Gasteiger partial charge on any atom is -0.496 e. The topological polar surface area (TPSA) is 75.6 Å². The van der Waals surface area contributed by atoms with Crippen molar-refractivity contribution >= 4 is 23.5 Å². The number of carboxylic acid groups (broad SMARTS) is 1. The van der Waals surface area contributed by atoms with E-state index in [2.05, 4.69) is 5.32 Å². The number of methoxy groups -OCH3 is 1. The maximum atomic E-state index is 11.9. The molecule has 1 amide bonds. The summed E-state index contributed by atoms with van der Waals surface area (Å²) < 4.78 is 5.15. The minimum atomic E-state index is -1.04. The molecule has 2 N–H and O–H groups in total. The number of halogens is 1. The third-order valence-electron chi connectivity index (χ3n) is 2.84. The van der Waals surface area contributed by atoms with Crippen molar-refractivity contribution in [3.8, 4) is 5.75 Å². The molecule has 1 unspecified atom stereocenters. The first kappa shape index (κ1) is 16.3. The van der Waals surface area contributed by atoms with Gasteiger partial charge in [-0.15, -0.1) is 0 Å². The molecule has 6 heteroatoms. The Bertz CT molecular complexity index is 490. The predicted molar refractivity (Wildman–Crippen MR) is 76.2 cm³/mol. The molecule has 0 radical (unpaired) electrons. The third kappa shape index (κ3) is 4.42. The van der Waals surface area contributed by atoms with E-state index in [0.29, 0.717) is 29.2 Å². The van der Waals surface area contributed by atoms with Gasteiger partial charge in [0.15, 0.2) is 0 Å². The third-order valence-corrected chi connectivity index (χ3v) is 3.20. The Morgan fingerprint density at radius 1 is 1.45 bits per heavy atom. The lowest BCUT2D eigenvalue weighted by Crippen LogP contribution is -2.41. The molecule has 0 saturated heterocycles. The van der Waals surface area contributed by atoms with E-state index in [1.165, 1.54) is 7.11 Å². The smallest absolute Gasteiger partial charge is 0.326 e. The van der Waals surface area contributed by atoms with E-state index >= 15 is 0 Å². The maximum absolute atomic E-state index is 11.9. The molecule has 0 spiro atoms. The second-order valence-corrected chi connectivity index (χ2v) is 4.75. The zero-order valence-corrected chi connectivity index (χ0v) is 12.2. The number of benzene rings is 1. The van der Waals surface area contributed by atoms with Crippen molar-refractivity contribution in [1.82, 2.24) is 5.32 Å². The van der Waals surface area contributed by atoms with Gasteiger partial charge in [0.05, 0.1) is 13.5 Å². The van der Waals surface area contributed by atoms with Crippen LogP contribution in [0.15, 0.2) is 18.2 Å². The van der Waals surface area contributed by atoms with Gasteiger partial charge in [0.25, 0.3) is 0 Å². The zero-order chi connectivity index (χ0) is 15.1. The van der Waals surface area contributed by atoms with E-state index in [4.69, 9.17) is 21.4 Å². The van der Waals surface area contributed by atoms with E-state index < -0.39 is 17.9 Å². The van der Waals surface area contributed by atoms with Crippen LogP contribution in [0.4, 0.5) is 0 Å². The Morgan fingerprint density at radius 2 is 2.15 bits per heavy atom. The fourth-order valence-corrected chi connectivity index (χ4v) is 2.09. The molecular formula is C14H18ClNO4. The van der Waals surface area contributed by atoms with Crippen LogP contribution in [-0.4, -0.2) is 30.1 Å². The van der Waals surface area contributed by atoms with Crippen molar-refractivity contribution in [1.29, 1.82) is 0 Å². The number of carbonyl (C=O) groups excluding carboxylic acids is 1. The molecule has 0 aliphatic heterocycles. The van der Waals surface area contributed by atoms with Gasteiger partial charge in [-0.05, 0) is 18.6 Å². The minimum absolute atomic E-state index is 0.0175. The Balaban J connectivity index is 2.78. The van der Waals surface area contributed by atoms with Crippen molar-refractivity contribution in [2.75, 3.05) is 7.11 Å². The SMILES string of the molecule is CCCC(NC(=O)Cc1c(Cl)cccc1OC)C(=O)O. The van der Waals surface area contributed by atoms with Gasteiger partial charge in [0.1, 0.15) is 11.8 Å². The lowest BCUT2D eigenvalue weighted by atomic mass is 10.1. The van der Waals surface area contributed by atoms with Crippen molar-refractivity contribution in [2.24, 2.45) is 0 Å². The van der Waals surface area contributed by atoms with Crippen LogP contribution in [0.5, 0.6) is 5.75 Å². The fraction of sp³-hybridized carbons (Fsp3) is 0.429. The number of amides is 1. The molecular weight excluding hydrogens is 282 g/mol. The normalized spacial score (nSPS) is 11.8. The number of carbonyl (C=O) groups is 2. The van der Waals surface area contributed by atoms with E-state index in [0.717, 1.165) is 0 Å². The van der Waals surface area contributed by atoms with Crippen molar-refractivity contribution in [2.45, 2.75) is 32.2 Å². The first-order valence-corrected chi connectivity index (χ1v) is 6.71. The Hall–Kier alpha value is -1.75. The van der Waals surface area contributed by atoms with Gasteiger partial charge >= 0.3 is 5.97 Å². The predicted octanol–water partition coefficient (Wildman–Crippen LogP) is 2.26. The van der Waals surface area contributed by atoms with Crippen molar-refractivity contribution < 1.29 is 19.4 Å². The largest absolute Gasteiger partial charge is 0.496 e. The van der Waals surface area contributed by atoms with Crippen LogP contribution in [0.2, 0.25) is 5.02 Å². The molecule has 20 heavy (non-hydrogen) atoms. The van der Waals surface area contributed by atoms with Gasteiger partial charge in [0.2, 0.25) is 5.91 Å². The molecule has 1 aromatic rings. The summed E-state index contributed by atoms with van der Waals surface area (Å²) >= 11 is 6.04. The van der Waals surface area contributed by atoms with E-state index in [-0.39, 0.29) is 6.42 Å². The van der Waals surface area contributed by atoms with Crippen LogP contribution in [-0.2, 0) is 16.0 Å². The number of rotatable bonds is 7. The Morgan fingerprint density at radius 3 is 2.70 bits per heavy atom. The lowest BCUT2D eigenvalue weighted by molar-refractivity contribution is -0.141. The highest BCUT2D eigenvalue weighted by atomic mass is 35.5. The average molecular weight is 300 g/mol. The van der Waals surface area contributed by atoms with Crippen LogP contribution >= 0.6 is 11.6 Å². The van der Waals surface area contributed by atoms with Crippen LogP contribution < -0.4 is 10.1 Å². The molecule has 1 atom stereocenters. The summed E-state index contributed by atoms with van der Waals surface area (Å²) in [6.07, 6.45) is 1.05. The van der Waals surface area contributed by atoms with Gasteiger partial charge in [-0.2, -0.15) is 0 Å². The highest BCUT2D eigenvalue weighted by Gasteiger charge is 2.20.